The number of carbonyl (C=O) groups is 3. The molecule has 34 heavy (non-hydrogen) atoms. The summed E-state index contributed by atoms with van der Waals surface area (Å²) in [6.45, 7) is 7.03. The molecule has 8 nitrogen and oxygen atoms in total. The molecule has 1 fully saturated rings. The Morgan fingerprint density at radius 1 is 1.21 bits per heavy atom. The number of fused-ring (bicyclic) bond motifs is 1. The molecule has 1 saturated heterocycles. The maximum absolute atomic E-state index is 13.2. The van der Waals surface area contributed by atoms with E-state index in [4.69, 9.17) is 4.74 Å². The van der Waals surface area contributed by atoms with Crippen LogP contribution in [0.15, 0.2) is 30.5 Å². The lowest BCUT2D eigenvalue weighted by Gasteiger charge is -2.32. The Morgan fingerprint density at radius 3 is 2.79 bits per heavy atom. The zero-order chi connectivity index (χ0) is 24.2. The van der Waals surface area contributed by atoms with Crippen LogP contribution in [-0.4, -0.2) is 58.9 Å². The second-order valence-electron chi connectivity index (χ2n) is 8.84. The Kier molecular flexibility index (Phi) is 7.05. The van der Waals surface area contributed by atoms with Crippen molar-refractivity contribution >= 4 is 28.7 Å². The molecule has 3 aromatic rings. The minimum Gasteiger partial charge on any atom is -0.462 e. The lowest BCUT2D eigenvalue weighted by molar-refractivity contribution is -0.126. The largest absolute Gasteiger partial charge is 0.462 e. The summed E-state index contributed by atoms with van der Waals surface area (Å²) in [6.07, 6.45) is 4.24. The van der Waals surface area contributed by atoms with Gasteiger partial charge in [0, 0.05) is 42.4 Å². The number of aromatic amines is 2. The Bertz CT molecular complexity index is 1210. The van der Waals surface area contributed by atoms with E-state index in [1.54, 1.807) is 25.7 Å². The van der Waals surface area contributed by atoms with Crippen LogP contribution in [0.4, 0.5) is 0 Å². The van der Waals surface area contributed by atoms with Crippen LogP contribution in [0.1, 0.15) is 57.4 Å². The summed E-state index contributed by atoms with van der Waals surface area (Å²) >= 11 is 0. The van der Waals surface area contributed by atoms with E-state index < -0.39 is 5.97 Å². The molecule has 0 spiro atoms. The zero-order valence-electron chi connectivity index (χ0n) is 20.0. The predicted octanol–water partition coefficient (Wildman–Crippen LogP) is 3.50. The van der Waals surface area contributed by atoms with Gasteiger partial charge in [0.1, 0.15) is 5.69 Å². The van der Waals surface area contributed by atoms with Gasteiger partial charge in [0.05, 0.1) is 18.1 Å². The molecule has 3 heterocycles. The van der Waals surface area contributed by atoms with Crippen LogP contribution in [0.3, 0.4) is 0 Å². The van der Waals surface area contributed by atoms with E-state index in [9.17, 15) is 14.4 Å². The lowest BCUT2D eigenvalue weighted by Crippen LogP contribution is -2.46. The molecule has 0 saturated carbocycles. The van der Waals surface area contributed by atoms with Gasteiger partial charge in [-0.05, 0) is 57.2 Å². The number of likely N-dealkylation sites (tertiary alicyclic amines) is 1. The SMILES string of the molecule is CCOC(=O)c1c(C)[nH]c(C(=O)N2CCC[C@@H](C(=O)NCCc3c[nH]c4ccccc34)C2)c1C. The first-order valence-electron chi connectivity index (χ1n) is 11.9. The number of H-pyrrole nitrogens is 2. The molecule has 1 aromatic carbocycles. The number of piperidine rings is 1. The maximum Gasteiger partial charge on any atom is 0.340 e. The summed E-state index contributed by atoms with van der Waals surface area (Å²) in [6, 6.07) is 8.11. The molecule has 0 unspecified atom stereocenters. The average molecular weight is 465 g/mol. The molecule has 0 radical (unpaired) electrons. The highest BCUT2D eigenvalue weighted by molar-refractivity contribution is 6.00. The van der Waals surface area contributed by atoms with E-state index in [2.05, 4.69) is 21.4 Å². The normalized spacial score (nSPS) is 16.0. The number of hydrogen-bond acceptors (Lipinski definition) is 4. The van der Waals surface area contributed by atoms with Crippen molar-refractivity contribution in [3.63, 3.8) is 0 Å². The Balaban J connectivity index is 1.36. The second kappa shape index (κ2) is 10.2. The summed E-state index contributed by atoms with van der Waals surface area (Å²) in [4.78, 5) is 46.4. The number of rotatable bonds is 7. The van der Waals surface area contributed by atoms with Crippen LogP contribution < -0.4 is 5.32 Å². The van der Waals surface area contributed by atoms with Crippen molar-refractivity contribution in [1.29, 1.82) is 0 Å². The first-order chi connectivity index (χ1) is 16.4. The monoisotopic (exact) mass is 464 g/mol. The number of nitrogens with zero attached hydrogens (tertiary/aromatic N) is 1. The number of aryl methyl sites for hydroxylation is 1. The number of para-hydroxylation sites is 1. The fourth-order valence-electron chi connectivity index (χ4n) is 4.81. The predicted molar refractivity (Wildman–Crippen MR) is 130 cm³/mol. The molecule has 0 aliphatic carbocycles. The second-order valence-corrected chi connectivity index (χ2v) is 8.84. The van der Waals surface area contributed by atoms with Crippen LogP contribution in [0, 0.1) is 19.8 Å². The van der Waals surface area contributed by atoms with Gasteiger partial charge in [-0.3, -0.25) is 9.59 Å². The van der Waals surface area contributed by atoms with Crippen LogP contribution in [0.25, 0.3) is 10.9 Å². The Morgan fingerprint density at radius 2 is 2.00 bits per heavy atom. The lowest BCUT2D eigenvalue weighted by atomic mass is 9.96. The first kappa shape index (κ1) is 23.6. The van der Waals surface area contributed by atoms with E-state index in [1.807, 2.05) is 24.4 Å². The molecule has 2 aromatic heterocycles. The highest BCUT2D eigenvalue weighted by Gasteiger charge is 2.31. The Labute approximate surface area is 199 Å². The number of benzene rings is 1. The summed E-state index contributed by atoms with van der Waals surface area (Å²) in [5.41, 5.74) is 4.27. The molecule has 180 valence electrons. The van der Waals surface area contributed by atoms with Gasteiger partial charge in [0.25, 0.3) is 5.91 Å². The number of hydrogen-bond donors (Lipinski definition) is 3. The molecular weight excluding hydrogens is 432 g/mol. The number of nitrogens with one attached hydrogen (secondary N) is 3. The average Bonchev–Trinajstić information content (AvgIpc) is 3.38. The minimum atomic E-state index is -0.432. The third-order valence-electron chi connectivity index (χ3n) is 6.58. The summed E-state index contributed by atoms with van der Waals surface area (Å²) in [5, 5.41) is 4.22. The number of carbonyl (C=O) groups excluding carboxylic acids is 3. The molecule has 8 heteroatoms. The van der Waals surface area contributed by atoms with Crippen LogP contribution in [-0.2, 0) is 16.0 Å². The van der Waals surface area contributed by atoms with E-state index in [0.717, 1.165) is 24.8 Å². The third kappa shape index (κ3) is 4.71. The molecular formula is C26H32N4O4. The van der Waals surface area contributed by atoms with E-state index in [1.165, 1.54) is 10.9 Å². The van der Waals surface area contributed by atoms with Gasteiger partial charge in [-0.25, -0.2) is 4.79 Å². The number of esters is 1. The maximum atomic E-state index is 13.2. The molecule has 0 bridgehead atoms. The van der Waals surface area contributed by atoms with Crippen molar-refractivity contribution in [3.05, 3.63) is 58.5 Å². The fraction of sp³-hybridized carbons (Fsp3) is 0.423. The zero-order valence-corrected chi connectivity index (χ0v) is 20.0. The van der Waals surface area contributed by atoms with Crippen molar-refractivity contribution in [2.45, 2.75) is 40.0 Å². The minimum absolute atomic E-state index is 0.0241. The molecule has 4 rings (SSSR count). The number of aromatic nitrogens is 2. The van der Waals surface area contributed by atoms with E-state index in [0.29, 0.717) is 42.1 Å². The Hall–Kier alpha value is -3.55. The van der Waals surface area contributed by atoms with Gasteiger partial charge in [-0.1, -0.05) is 18.2 Å². The molecule has 1 aliphatic rings. The van der Waals surface area contributed by atoms with Gasteiger partial charge in [0.2, 0.25) is 5.91 Å². The third-order valence-corrected chi connectivity index (χ3v) is 6.58. The highest BCUT2D eigenvalue weighted by atomic mass is 16.5. The number of amides is 2. The molecule has 1 aliphatic heterocycles. The summed E-state index contributed by atoms with van der Waals surface area (Å²) in [7, 11) is 0. The fourth-order valence-corrected chi connectivity index (χ4v) is 4.81. The quantitative estimate of drug-likeness (QED) is 0.465. The van der Waals surface area contributed by atoms with Gasteiger partial charge >= 0.3 is 5.97 Å². The van der Waals surface area contributed by atoms with Crippen LogP contribution in [0.2, 0.25) is 0 Å². The van der Waals surface area contributed by atoms with Crippen molar-refractivity contribution in [1.82, 2.24) is 20.2 Å². The van der Waals surface area contributed by atoms with E-state index in [-0.39, 0.29) is 24.3 Å². The van der Waals surface area contributed by atoms with Crippen molar-refractivity contribution in [3.8, 4) is 0 Å². The van der Waals surface area contributed by atoms with Crippen molar-refractivity contribution in [2.75, 3.05) is 26.2 Å². The van der Waals surface area contributed by atoms with Gasteiger partial charge in [0.15, 0.2) is 0 Å². The summed E-state index contributed by atoms with van der Waals surface area (Å²) < 4.78 is 5.13. The first-order valence-corrected chi connectivity index (χ1v) is 11.9. The topological polar surface area (TPSA) is 107 Å². The molecule has 1 atom stereocenters. The van der Waals surface area contributed by atoms with Gasteiger partial charge in [-0.15, -0.1) is 0 Å². The van der Waals surface area contributed by atoms with Gasteiger partial charge < -0.3 is 24.9 Å². The number of ether oxygens (including phenoxy) is 1. The standard InChI is InChI=1S/C26H32N4O4/c1-4-34-26(33)22-16(2)23(29-17(22)3)25(32)30-13-7-8-19(15-30)24(31)27-12-11-18-14-28-21-10-6-5-9-20(18)21/h5-6,9-10,14,19,28-29H,4,7-8,11-13,15H2,1-3H3,(H,27,31)/t19-/m1/s1. The van der Waals surface area contributed by atoms with Crippen molar-refractivity contribution < 1.29 is 19.1 Å². The smallest absolute Gasteiger partial charge is 0.340 e. The van der Waals surface area contributed by atoms with Crippen molar-refractivity contribution in [2.24, 2.45) is 5.92 Å². The molecule has 3 N–H and O–H groups in total. The summed E-state index contributed by atoms with van der Waals surface area (Å²) in [5.74, 6) is -0.892. The van der Waals surface area contributed by atoms with Crippen LogP contribution in [0.5, 0.6) is 0 Å². The van der Waals surface area contributed by atoms with E-state index >= 15 is 0 Å². The molecule has 2 amide bonds. The van der Waals surface area contributed by atoms with Crippen LogP contribution >= 0.6 is 0 Å². The highest BCUT2D eigenvalue weighted by Crippen LogP contribution is 2.24. The van der Waals surface area contributed by atoms with Gasteiger partial charge in [-0.2, -0.15) is 0 Å².